The Kier molecular flexibility index (Phi) is 3.05. The van der Waals surface area contributed by atoms with Crippen LogP contribution in [0.2, 0.25) is 0 Å². The third-order valence-corrected chi connectivity index (χ3v) is 4.10. The maximum absolute atomic E-state index is 4.03. The van der Waals surface area contributed by atoms with E-state index in [1.165, 1.54) is 27.8 Å². The molecule has 21 heavy (non-hydrogen) atoms. The van der Waals surface area contributed by atoms with Crippen molar-refractivity contribution >= 4 is 0 Å². The Labute approximate surface area is 124 Å². The minimum absolute atomic E-state index is 0.976. The molecule has 0 atom stereocenters. The lowest BCUT2D eigenvalue weighted by molar-refractivity contribution is 0.644. The largest absolute Gasteiger partial charge is 0.312 e. The molecule has 2 heterocycles. The average Bonchev–Trinajstić information content (AvgIpc) is 3.09. The molecule has 0 bridgehead atoms. The van der Waals surface area contributed by atoms with Crippen molar-refractivity contribution in [1.82, 2.24) is 15.5 Å². The predicted molar refractivity (Wildman–Crippen MR) is 84.9 cm³/mol. The van der Waals surface area contributed by atoms with Crippen molar-refractivity contribution in [2.45, 2.75) is 13.0 Å². The van der Waals surface area contributed by atoms with Crippen LogP contribution in [0.3, 0.4) is 0 Å². The summed E-state index contributed by atoms with van der Waals surface area (Å²) in [5.74, 6) is 0. The van der Waals surface area contributed by atoms with Gasteiger partial charge in [-0.25, -0.2) is 0 Å². The first-order valence-corrected chi connectivity index (χ1v) is 7.33. The number of H-pyrrole nitrogens is 1. The quantitative estimate of drug-likeness (QED) is 0.752. The van der Waals surface area contributed by atoms with E-state index in [1.807, 2.05) is 6.07 Å². The van der Waals surface area contributed by atoms with E-state index in [1.54, 1.807) is 6.20 Å². The van der Waals surface area contributed by atoms with Crippen molar-refractivity contribution in [3.8, 4) is 22.4 Å². The first kappa shape index (κ1) is 12.4. The van der Waals surface area contributed by atoms with Crippen LogP contribution in [0.25, 0.3) is 22.4 Å². The SMILES string of the molecule is c1cc(-c2ccc3c(c2)CNCC3)cc(-c2ccn[nH]2)c1. The maximum atomic E-state index is 4.03. The molecule has 0 aliphatic carbocycles. The highest BCUT2D eigenvalue weighted by molar-refractivity contribution is 5.72. The van der Waals surface area contributed by atoms with Gasteiger partial charge in [0.1, 0.15) is 0 Å². The number of benzene rings is 2. The zero-order valence-corrected chi connectivity index (χ0v) is 11.8. The van der Waals surface area contributed by atoms with Gasteiger partial charge in [0, 0.05) is 18.3 Å². The summed E-state index contributed by atoms with van der Waals surface area (Å²) < 4.78 is 0. The number of hydrogen-bond donors (Lipinski definition) is 2. The topological polar surface area (TPSA) is 40.7 Å². The Morgan fingerprint density at radius 2 is 1.76 bits per heavy atom. The molecule has 1 aromatic heterocycles. The lowest BCUT2D eigenvalue weighted by Crippen LogP contribution is -2.23. The third kappa shape index (κ3) is 2.36. The van der Waals surface area contributed by atoms with Crippen LogP contribution in [0.15, 0.2) is 54.7 Å². The van der Waals surface area contributed by atoms with Gasteiger partial charge in [-0.3, -0.25) is 5.10 Å². The highest BCUT2D eigenvalue weighted by atomic mass is 15.1. The summed E-state index contributed by atoms with van der Waals surface area (Å²) in [6, 6.07) is 17.4. The van der Waals surface area contributed by atoms with Crippen molar-refractivity contribution in [3.63, 3.8) is 0 Å². The number of rotatable bonds is 2. The van der Waals surface area contributed by atoms with Gasteiger partial charge in [0.2, 0.25) is 0 Å². The van der Waals surface area contributed by atoms with Crippen molar-refractivity contribution < 1.29 is 0 Å². The van der Waals surface area contributed by atoms with E-state index in [0.717, 1.165) is 25.2 Å². The van der Waals surface area contributed by atoms with Crippen LogP contribution in [-0.4, -0.2) is 16.7 Å². The van der Waals surface area contributed by atoms with Crippen LogP contribution in [0.1, 0.15) is 11.1 Å². The minimum Gasteiger partial charge on any atom is -0.312 e. The van der Waals surface area contributed by atoms with Gasteiger partial charge in [-0.2, -0.15) is 5.10 Å². The number of aromatic amines is 1. The maximum Gasteiger partial charge on any atom is 0.0650 e. The van der Waals surface area contributed by atoms with E-state index in [9.17, 15) is 0 Å². The standard InChI is InChI=1S/C18H17N3/c1-2-14(10-16(3-1)18-7-9-20-21-18)15-5-4-13-6-8-19-12-17(13)11-15/h1-5,7,9-11,19H,6,8,12H2,(H,20,21). The second kappa shape index (κ2) is 5.19. The van der Waals surface area contributed by atoms with Crippen LogP contribution < -0.4 is 5.32 Å². The molecule has 0 unspecified atom stereocenters. The molecule has 0 saturated heterocycles. The van der Waals surface area contributed by atoms with E-state index < -0.39 is 0 Å². The molecule has 0 spiro atoms. The summed E-state index contributed by atoms with van der Waals surface area (Å²) in [6.45, 7) is 2.06. The number of aromatic nitrogens is 2. The molecule has 0 fully saturated rings. The fourth-order valence-electron chi connectivity index (χ4n) is 2.94. The lowest BCUT2D eigenvalue weighted by atomic mass is 9.94. The van der Waals surface area contributed by atoms with E-state index in [0.29, 0.717) is 0 Å². The zero-order valence-electron chi connectivity index (χ0n) is 11.8. The molecule has 4 rings (SSSR count). The zero-order chi connectivity index (χ0) is 14.1. The van der Waals surface area contributed by atoms with Gasteiger partial charge >= 0.3 is 0 Å². The van der Waals surface area contributed by atoms with Crippen molar-refractivity contribution in [1.29, 1.82) is 0 Å². The number of hydrogen-bond acceptors (Lipinski definition) is 2. The molecule has 0 saturated carbocycles. The Morgan fingerprint density at radius 1 is 0.857 bits per heavy atom. The van der Waals surface area contributed by atoms with Crippen LogP contribution >= 0.6 is 0 Å². The molecular formula is C18H17N3. The summed E-state index contributed by atoms with van der Waals surface area (Å²) in [4.78, 5) is 0. The van der Waals surface area contributed by atoms with E-state index in [-0.39, 0.29) is 0 Å². The van der Waals surface area contributed by atoms with Gasteiger partial charge in [0.05, 0.1) is 5.69 Å². The van der Waals surface area contributed by atoms with E-state index >= 15 is 0 Å². The molecule has 1 aliphatic heterocycles. The van der Waals surface area contributed by atoms with Gasteiger partial charge in [-0.05, 0) is 53.4 Å². The van der Waals surface area contributed by atoms with Crippen molar-refractivity contribution in [3.05, 3.63) is 65.9 Å². The van der Waals surface area contributed by atoms with Gasteiger partial charge in [-0.15, -0.1) is 0 Å². The lowest BCUT2D eigenvalue weighted by Gasteiger charge is -2.18. The summed E-state index contributed by atoms with van der Waals surface area (Å²) in [7, 11) is 0. The average molecular weight is 275 g/mol. The third-order valence-electron chi connectivity index (χ3n) is 4.10. The van der Waals surface area contributed by atoms with Gasteiger partial charge in [0.15, 0.2) is 0 Å². The summed E-state index contributed by atoms with van der Waals surface area (Å²) in [5, 5.41) is 10.5. The fourth-order valence-corrected chi connectivity index (χ4v) is 2.94. The molecular weight excluding hydrogens is 258 g/mol. The summed E-state index contributed by atoms with van der Waals surface area (Å²) in [5.41, 5.74) is 7.64. The molecule has 2 aromatic carbocycles. The fraction of sp³-hybridized carbons (Fsp3) is 0.167. The van der Waals surface area contributed by atoms with Crippen LogP contribution in [-0.2, 0) is 13.0 Å². The molecule has 3 heteroatoms. The Balaban J connectivity index is 1.75. The predicted octanol–water partition coefficient (Wildman–Crippen LogP) is 3.39. The van der Waals surface area contributed by atoms with Crippen molar-refractivity contribution in [2.75, 3.05) is 6.54 Å². The molecule has 3 nitrogen and oxygen atoms in total. The van der Waals surface area contributed by atoms with Gasteiger partial charge < -0.3 is 5.32 Å². The molecule has 1 aliphatic rings. The highest BCUT2D eigenvalue weighted by Gasteiger charge is 2.10. The summed E-state index contributed by atoms with van der Waals surface area (Å²) >= 11 is 0. The normalized spacial score (nSPS) is 13.9. The molecule has 3 aromatic rings. The first-order valence-electron chi connectivity index (χ1n) is 7.33. The second-order valence-corrected chi connectivity index (χ2v) is 5.46. The number of nitrogens with zero attached hydrogens (tertiary/aromatic N) is 1. The first-order chi connectivity index (χ1) is 10.4. The molecule has 0 amide bonds. The number of fused-ring (bicyclic) bond motifs is 1. The van der Waals surface area contributed by atoms with E-state index in [4.69, 9.17) is 0 Å². The monoisotopic (exact) mass is 275 g/mol. The Hall–Kier alpha value is -2.39. The smallest absolute Gasteiger partial charge is 0.0650 e. The number of nitrogens with one attached hydrogen (secondary N) is 2. The Bertz CT molecular complexity index is 760. The molecule has 2 N–H and O–H groups in total. The minimum atomic E-state index is 0.976. The van der Waals surface area contributed by atoms with Gasteiger partial charge in [-0.1, -0.05) is 30.3 Å². The Morgan fingerprint density at radius 3 is 2.67 bits per heavy atom. The molecule has 104 valence electrons. The van der Waals surface area contributed by atoms with Crippen LogP contribution in [0, 0.1) is 0 Å². The van der Waals surface area contributed by atoms with Gasteiger partial charge in [0.25, 0.3) is 0 Å². The molecule has 0 radical (unpaired) electrons. The van der Waals surface area contributed by atoms with Crippen molar-refractivity contribution in [2.24, 2.45) is 0 Å². The summed E-state index contributed by atoms with van der Waals surface area (Å²) in [6.07, 6.45) is 2.91. The highest BCUT2D eigenvalue weighted by Crippen LogP contribution is 2.27. The van der Waals surface area contributed by atoms with Crippen LogP contribution in [0.4, 0.5) is 0 Å². The second-order valence-electron chi connectivity index (χ2n) is 5.46. The van der Waals surface area contributed by atoms with E-state index in [2.05, 4.69) is 58.0 Å². The van der Waals surface area contributed by atoms with Crippen LogP contribution in [0.5, 0.6) is 0 Å².